The topological polar surface area (TPSA) is 67.5 Å². The van der Waals surface area contributed by atoms with Crippen LogP contribution in [0.1, 0.15) is 41.2 Å². The van der Waals surface area contributed by atoms with Crippen molar-refractivity contribution in [3.05, 3.63) is 100 Å². The lowest BCUT2D eigenvalue weighted by molar-refractivity contribution is -0.113. The molecule has 6 heteroatoms. The van der Waals surface area contributed by atoms with E-state index in [1.54, 1.807) is 0 Å². The number of aliphatic hydroxyl groups excluding tert-OH is 2. The van der Waals surface area contributed by atoms with Crippen LogP contribution in [-0.4, -0.2) is 38.8 Å². The van der Waals surface area contributed by atoms with Gasteiger partial charge in [0.05, 0.1) is 43.2 Å². The number of aliphatic hydroxyl groups is 2. The number of benzene rings is 3. The number of fused-ring (bicyclic) bond motifs is 1. The minimum Gasteiger partial charge on any atom is -0.394 e. The molecule has 3 aromatic carbocycles. The standard InChI is InChI=1S/C27H27ClN2O3/c28-25-8-7-20(27-14-23(32)13-24(17-31)33-27)12-21(25)10-19-6-9-26-22(11-19)15-29-30(26)16-18-4-2-1-3-5-18/h1-9,11-12,15,23-24,27,31-32H,10,13-14,16-17H2. The van der Waals surface area contributed by atoms with Crippen LogP contribution in [0.2, 0.25) is 5.02 Å². The highest BCUT2D eigenvalue weighted by molar-refractivity contribution is 6.31. The summed E-state index contributed by atoms with van der Waals surface area (Å²) >= 11 is 6.54. The first kappa shape index (κ1) is 22.1. The third-order valence-electron chi connectivity index (χ3n) is 6.30. The molecular formula is C27H27ClN2O3. The summed E-state index contributed by atoms with van der Waals surface area (Å²) in [5.74, 6) is 0. The molecule has 1 aliphatic heterocycles. The predicted molar refractivity (Wildman–Crippen MR) is 129 cm³/mol. The highest BCUT2D eigenvalue weighted by Crippen LogP contribution is 2.34. The molecule has 1 aliphatic rings. The van der Waals surface area contributed by atoms with Gasteiger partial charge in [-0.2, -0.15) is 5.10 Å². The molecule has 5 nitrogen and oxygen atoms in total. The molecule has 0 amide bonds. The average molecular weight is 463 g/mol. The number of ether oxygens (including phenoxy) is 1. The van der Waals surface area contributed by atoms with Gasteiger partial charge in [0.15, 0.2) is 0 Å². The minimum atomic E-state index is -0.477. The fraction of sp³-hybridized carbons (Fsp3) is 0.296. The average Bonchev–Trinajstić information content (AvgIpc) is 3.22. The van der Waals surface area contributed by atoms with Crippen molar-refractivity contribution < 1.29 is 14.9 Å². The Bertz CT molecular complexity index is 1240. The lowest BCUT2D eigenvalue weighted by atomic mass is 9.94. The first-order chi connectivity index (χ1) is 16.1. The van der Waals surface area contributed by atoms with Gasteiger partial charge in [0.2, 0.25) is 0 Å². The normalized spacial score (nSPS) is 20.9. The minimum absolute atomic E-state index is 0.0913. The molecule has 0 bridgehead atoms. The van der Waals surface area contributed by atoms with Gasteiger partial charge in [-0.3, -0.25) is 4.68 Å². The number of nitrogens with zero attached hydrogens (tertiary/aromatic N) is 2. The molecule has 1 fully saturated rings. The maximum Gasteiger partial charge on any atom is 0.0854 e. The van der Waals surface area contributed by atoms with Crippen LogP contribution in [0.5, 0.6) is 0 Å². The Morgan fingerprint density at radius 2 is 1.85 bits per heavy atom. The van der Waals surface area contributed by atoms with Crippen molar-refractivity contribution in [1.29, 1.82) is 0 Å². The van der Waals surface area contributed by atoms with Crippen molar-refractivity contribution in [2.45, 2.75) is 44.1 Å². The third kappa shape index (κ3) is 4.97. The van der Waals surface area contributed by atoms with E-state index in [0.29, 0.717) is 24.3 Å². The Balaban J connectivity index is 1.36. The van der Waals surface area contributed by atoms with Crippen LogP contribution >= 0.6 is 11.6 Å². The maximum absolute atomic E-state index is 10.2. The van der Waals surface area contributed by atoms with E-state index in [0.717, 1.165) is 34.1 Å². The van der Waals surface area contributed by atoms with Crippen molar-refractivity contribution in [3.63, 3.8) is 0 Å². The zero-order valence-electron chi connectivity index (χ0n) is 18.3. The molecule has 3 atom stereocenters. The number of halogens is 1. The van der Waals surface area contributed by atoms with Crippen molar-refractivity contribution in [2.24, 2.45) is 0 Å². The van der Waals surface area contributed by atoms with Crippen LogP contribution in [0, 0.1) is 0 Å². The Hall–Kier alpha value is -2.70. The predicted octanol–water partition coefficient (Wildman–Crippen LogP) is 4.90. The van der Waals surface area contributed by atoms with Crippen LogP contribution < -0.4 is 0 Å². The van der Waals surface area contributed by atoms with Gasteiger partial charge in [-0.15, -0.1) is 0 Å². The molecule has 2 N–H and O–H groups in total. The summed E-state index contributed by atoms with van der Waals surface area (Å²) < 4.78 is 8.00. The Morgan fingerprint density at radius 3 is 2.67 bits per heavy atom. The van der Waals surface area contributed by atoms with Gasteiger partial charge < -0.3 is 14.9 Å². The number of rotatable bonds is 6. The summed E-state index contributed by atoms with van der Waals surface area (Å²) in [5.41, 5.74) is 5.45. The Labute approximate surface area is 198 Å². The van der Waals surface area contributed by atoms with Crippen LogP contribution in [0.3, 0.4) is 0 Å². The van der Waals surface area contributed by atoms with Gasteiger partial charge in [0.25, 0.3) is 0 Å². The van der Waals surface area contributed by atoms with E-state index >= 15 is 0 Å². The largest absolute Gasteiger partial charge is 0.394 e. The van der Waals surface area contributed by atoms with Gasteiger partial charge in [-0.25, -0.2) is 0 Å². The van der Waals surface area contributed by atoms with Gasteiger partial charge in [-0.05, 0) is 46.9 Å². The lowest BCUT2D eigenvalue weighted by Crippen LogP contribution is -2.33. The van der Waals surface area contributed by atoms with Crippen LogP contribution in [0.25, 0.3) is 10.9 Å². The molecular weight excluding hydrogens is 436 g/mol. The second-order valence-corrected chi connectivity index (χ2v) is 9.17. The molecule has 3 unspecified atom stereocenters. The van der Waals surface area contributed by atoms with E-state index in [1.165, 1.54) is 5.56 Å². The summed E-state index contributed by atoms with van der Waals surface area (Å²) in [6.07, 6.45) is 2.51. The molecule has 0 aliphatic carbocycles. The van der Waals surface area contributed by atoms with Crippen molar-refractivity contribution in [1.82, 2.24) is 9.78 Å². The van der Waals surface area contributed by atoms with E-state index in [2.05, 4.69) is 41.5 Å². The monoisotopic (exact) mass is 462 g/mol. The molecule has 170 valence electrons. The van der Waals surface area contributed by atoms with Gasteiger partial charge in [0.1, 0.15) is 0 Å². The molecule has 2 heterocycles. The molecule has 33 heavy (non-hydrogen) atoms. The highest BCUT2D eigenvalue weighted by Gasteiger charge is 2.29. The fourth-order valence-corrected chi connectivity index (χ4v) is 4.79. The first-order valence-corrected chi connectivity index (χ1v) is 11.7. The fourth-order valence-electron chi connectivity index (χ4n) is 4.60. The lowest BCUT2D eigenvalue weighted by Gasteiger charge is -2.32. The van der Waals surface area contributed by atoms with Gasteiger partial charge in [0, 0.05) is 23.3 Å². The molecule has 0 spiro atoms. The van der Waals surface area contributed by atoms with E-state index in [4.69, 9.17) is 16.3 Å². The SMILES string of the molecule is OCC1CC(O)CC(c2ccc(Cl)c(Cc3ccc4c(cnn4Cc4ccccc4)c3)c2)O1. The van der Waals surface area contributed by atoms with Gasteiger partial charge in [-0.1, -0.05) is 60.1 Å². The Morgan fingerprint density at radius 1 is 1.00 bits per heavy atom. The molecule has 4 aromatic rings. The quantitative estimate of drug-likeness (QED) is 0.427. The van der Waals surface area contributed by atoms with Crippen molar-refractivity contribution >= 4 is 22.5 Å². The highest BCUT2D eigenvalue weighted by atomic mass is 35.5. The number of hydrogen-bond acceptors (Lipinski definition) is 4. The zero-order valence-corrected chi connectivity index (χ0v) is 19.0. The summed E-state index contributed by atoms with van der Waals surface area (Å²) in [7, 11) is 0. The molecule has 1 aromatic heterocycles. The van der Waals surface area contributed by atoms with Crippen LogP contribution in [-0.2, 0) is 17.7 Å². The van der Waals surface area contributed by atoms with Gasteiger partial charge >= 0.3 is 0 Å². The van der Waals surface area contributed by atoms with Crippen LogP contribution in [0.4, 0.5) is 0 Å². The van der Waals surface area contributed by atoms with E-state index in [1.807, 2.05) is 41.2 Å². The number of hydrogen-bond donors (Lipinski definition) is 2. The van der Waals surface area contributed by atoms with Crippen molar-refractivity contribution in [3.8, 4) is 0 Å². The molecule has 1 saturated heterocycles. The third-order valence-corrected chi connectivity index (χ3v) is 6.67. The molecule has 0 saturated carbocycles. The summed E-state index contributed by atoms with van der Waals surface area (Å²) in [4.78, 5) is 0. The molecule has 0 radical (unpaired) electrons. The molecule has 5 rings (SSSR count). The van der Waals surface area contributed by atoms with E-state index in [-0.39, 0.29) is 18.8 Å². The summed E-state index contributed by atoms with van der Waals surface area (Å²) in [5, 5.41) is 26.0. The van der Waals surface area contributed by atoms with Crippen LogP contribution in [0.15, 0.2) is 72.9 Å². The summed E-state index contributed by atoms with van der Waals surface area (Å²) in [6, 6.07) is 22.6. The maximum atomic E-state index is 10.2. The summed E-state index contributed by atoms with van der Waals surface area (Å²) in [6.45, 7) is 0.644. The van der Waals surface area contributed by atoms with Crippen molar-refractivity contribution in [2.75, 3.05) is 6.61 Å². The zero-order chi connectivity index (χ0) is 22.8. The second kappa shape index (κ2) is 9.65. The van der Waals surface area contributed by atoms with E-state index < -0.39 is 6.10 Å². The van der Waals surface area contributed by atoms with E-state index in [9.17, 15) is 10.2 Å². The first-order valence-electron chi connectivity index (χ1n) is 11.3. The smallest absolute Gasteiger partial charge is 0.0854 e. The second-order valence-electron chi connectivity index (χ2n) is 8.76. The Kier molecular flexibility index (Phi) is 6.47. The number of aromatic nitrogens is 2.